The predicted octanol–water partition coefficient (Wildman–Crippen LogP) is 3.88. The van der Waals surface area contributed by atoms with Crippen LogP contribution in [-0.2, 0) is 16.1 Å². The van der Waals surface area contributed by atoms with Gasteiger partial charge < -0.3 is 15.4 Å². The first-order chi connectivity index (χ1) is 12.5. The second kappa shape index (κ2) is 8.36. The van der Waals surface area contributed by atoms with Gasteiger partial charge in [-0.05, 0) is 61.7 Å². The van der Waals surface area contributed by atoms with Crippen LogP contribution in [0.25, 0.3) is 0 Å². The molecule has 0 radical (unpaired) electrons. The van der Waals surface area contributed by atoms with Crippen molar-refractivity contribution < 1.29 is 14.3 Å². The van der Waals surface area contributed by atoms with Crippen LogP contribution in [0.2, 0.25) is 0 Å². The van der Waals surface area contributed by atoms with Crippen molar-refractivity contribution in [3.63, 3.8) is 0 Å². The molecule has 2 aromatic carbocycles. The van der Waals surface area contributed by atoms with E-state index < -0.39 is 6.10 Å². The number of hydrogen-bond acceptors (Lipinski definition) is 3. The van der Waals surface area contributed by atoms with Gasteiger partial charge in [0.1, 0.15) is 5.75 Å². The maximum absolute atomic E-state index is 12.2. The van der Waals surface area contributed by atoms with Crippen molar-refractivity contribution in [2.75, 3.05) is 5.32 Å². The SMILES string of the molecule is C[C@H](Oc1ccc(Br)cc1)C(=O)NCc1cccc(NC(=O)C2CC2)c1. The van der Waals surface area contributed by atoms with E-state index in [1.807, 2.05) is 36.4 Å². The topological polar surface area (TPSA) is 67.4 Å². The Morgan fingerprint density at radius 2 is 1.92 bits per heavy atom. The van der Waals surface area contributed by atoms with E-state index in [1.54, 1.807) is 19.1 Å². The minimum absolute atomic E-state index is 0.0719. The van der Waals surface area contributed by atoms with Crippen LogP contribution in [-0.4, -0.2) is 17.9 Å². The number of halogens is 1. The van der Waals surface area contributed by atoms with E-state index in [9.17, 15) is 9.59 Å². The molecule has 6 heteroatoms. The number of carbonyl (C=O) groups excluding carboxylic acids is 2. The van der Waals surface area contributed by atoms with Crippen LogP contribution in [0.1, 0.15) is 25.3 Å². The number of ether oxygens (including phenoxy) is 1. The number of anilines is 1. The molecule has 5 nitrogen and oxygen atoms in total. The van der Waals surface area contributed by atoms with E-state index >= 15 is 0 Å². The molecular weight excluding hydrogens is 396 g/mol. The minimum atomic E-state index is -0.603. The fourth-order valence-electron chi connectivity index (χ4n) is 2.45. The molecular formula is C20H21BrN2O3. The molecule has 0 unspecified atom stereocenters. The van der Waals surface area contributed by atoms with Gasteiger partial charge in [0.2, 0.25) is 5.91 Å². The Hall–Kier alpha value is -2.34. The molecule has 1 saturated carbocycles. The monoisotopic (exact) mass is 416 g/mol. The van der Waals surface area contributed by atoms with Gasteiger partial charge in [-0.3, -0.25) is 9.59 Å². The van der Waals surface area contributed by atoms with Crippen LogP contribution >= 0.6 is 15.9 Å². The van der Waals surface area contributed by atoms with E-state index in [-0.39, 0.29) is 17.7 Å². The van der Waals surface area contributed by atoms with Crippen molar-refractivity contribution in [3.05, 3.63) is 58.6 Å². The fraction of sp³-hybridized carbons (Fsp3) is 0.300. The molecule has 26 heavy (non-hydrogen) atoms. The number of hydrogen-bond donors (Lipinski definition) is 2. The van der Waals surface area contributed by atoms with Crippen molar-refractivity contribution in [3.8, 4) is 5.75 Å². The van der Waals surface area contributed by atoms with Gasteiger partial charge in [0, 0.05) is 22.6 Å². The molecule has 0 heterocycles. The normalized spacial score (nSPS) is 14.4. The Kier molecular flexibility index (Phi) is 5.93. The molecule has 1 atom stereocenters. The van der Waals surface area contributed by atoms with E-state index in [0.29, 0.717) is 12.3 Å². The summed E-state index contributed by atoms with van der Waals surface area (Å²) in [5.74, 6) is 0.679. The summed E-state index contributed by atoms with van der Waals surface area (Å²) in [5.41, 5.74) is 1.68. The highest BCUT2D eigenvalue weighted by molar-refractivity contribution is 9.10. The molecule has 3 rings (SSSR count). The molecule has 1 aliphatic rings. The molecule has 136 valence electrons. The molecule has 0 aromatic heterocycles. The lowest BCUT2D eigenvalue weighted by molar-refractivity contribution is -0.127. The number of carbonyl (C=O) groups is 2. The van der Waals surface area contributed by atoms with Crippen LogP contribution in [0.15, 0.2) is 53.0 Å². The number of rotatable bonds is 7. The zero-order valence-electron chi connectivity index (χ0n) is 14.5. The molecule has 0 saturated heterocycles. The standard InChI is InChI=1S/C20H21BrN2O3/c1-13(26-18-9-7-16(21)8-10-18)19(24)22-12-14-3-2-4-17(11-14)23-20(25)15-5-6-15/h2-4,7-11,13,15H,5-6,12H2,1H3,(H,22,24)(H,23,25)/t13-/m0/s1. The van der Waals surface area contributed by atoms with Gasteiger partial charge in [-0.25, -0.2) is 0 Å². The first kappa shape index (κ1) is 18.5. The number of amides is 2. The molecule has 2 aromatic rings. The third-order valence-electron chi connectivity index (χ3n) is 4.11. The van der Waals surface area contributed by atoms with Crippen LogP contribution < -0.4 is 15.4 Å². The Labute approximate surface area is 161 Å². The second-order valence-electron chi connectivity index (χ2n) is 6.40. The first-order valence-corrected chi connectivity index (χ1v) is 9.40. The number of nitrogens with one attached hydrogen (secondary N) is 2. The summed E-state index contributed by atoms with van der Waals surface area (Å²) in [6, 6.07) is 14.8. The van der Waals surface area contributed by atoms with Gasteiger partial charge in [-0.2, -0.15) is 0 Å². The third-order valence-corrected chi connectivity index (χ3v) is 4.63. The highest BCUT2D eigenvalue weighted by Gasteiger charge is 2.29. The van der Waals surface area contributed by atoms with Crippen molar-refractivity contribution in [2.45, 2.75) is 32.4 Å². The molecule has 1 aliphatic carbocycles. The van der Waals surface area contributed by atoms with Crippen LogP contribution in [0.3, 0.4) is 0 Å². The largest absolute Gasteiger partial charge is 0.481 e. The Bertz CT molecular complexity index is 788. The highest BCUT2D eigenvalue weighted by atomic mass is 79.9. The number of benzene rings is 2. The Morgan fingerprint density at radius 1 is 1.19 bits per heavy atom. The quantitative estimate of drug-likeness (QED) is 0.719. The molecule has 2 N–H and O–H groups in total. The van der Waals surface area contributed by atoms with Gasteiger partial charge >= 0.3 is 0 Å². The molecule has 0 aliphatic heterocycles. The zero-order chi connectivity index (χ0) is 18.5. The minimum Gasteiger partial charge on any atom is -0.481 e. The maximum atomic E-state index is 12.2. The smallest absolute Gasteiger partial charge is 0.261 e. The predicted molar refractivity (Wildman–Crippen MR) is 104 cm³/mol. The van der Waals surface area contributed by atoms with Crippen molar-refractivity contribution in [2.24, 2.45) is 5.92 Å². The first-order valence-electron chi connectivity index (χ1n) is 8.61. The summed E-state index contributed by atoms with van der Waals surface area (Å²) in [6.45, 7) is 2.09. The lowest BCUT2D eigenvalue weighted by Crippen LogP contribution is -2.35. The van der Waals surface area contributed by atoms with Crippen LogP contribution in [0, 0.1) is 5.92 Å². The van der Waals surface area contributed by atoms with Crippen LogP contribution in [0.5, 0.6) is 5.75 Å². The lowest BCUT2D eigenvalue weighted by atomic mass is 10.2. The Balaban J connectivity index is 1.50. The van der Waals surface area contributed by atoms with Gasteiger partial charge in [0.15, 0.2) is 6.10 Å². The average molecular weight is 417 g/mol. The second-order valence-corrected chi connectivity index (χ2v) is 7.31. The van der Waals surface area contributed by atoms with E-state index in [4.69, 9.17) is 4.74 Å². The Morgan fingerprint density at radius 3 is 2.62 bits per heavy atom. The average Bonchev–Trinajstić information content (AvgIpc) is 3.47. The van der Waals surface area contributed by atoms with Gasteiger partial charge in [-0.15, -0.1) is 0 Å². The van der Waals surface area contributed by atoms with E-state index in [0.717, 1.165) is 28.6 Å². The summed E-state index contributed by atoms with van der Waals surface area (Å²) in [7, 11) is 0. The van der Waals surface area contributed by atoms with Gasteiger partial charge in [-0.1, -0.05) is 28.1 Å². The molecule has 0 bridgehead atoms. The molecule has 2 amide bonds. The van der Waals surface area contributed by atoms with E-state index in [2.05, 4.69) is 26.6 Å². The summed E-state index contributed by atoms with van der Waals surface area (Å²) < 4.78 is 6.59. The van der Waals surface area contributed by atoms with Gasteiger partial charge in [0.05, 0.1) is 0 Å². The van der Waals surface area contributed by atoms with Crippen LogP contribution in [0.4, 0.5) is 5.69 Å². The van der Waals surface area contributed by atoms with Gasteiger partial charge in [0.25, 0.3) is 5.91 Å². The van der Waals surface area contributed by atoms with Crippen molar-refractivity contribution >= 4 is 33.4 Å². The third kappa shape index (κ3) is 5.33. The molecule has 0 spiro atoms. The highest BCUT2D eigenvalue weighted by Crippen LogP contribution is 2.30. The summed E-state index contributed by atoms with van der Waals surface area (Å²) in [4.78, 5) is 24.1. The van der Waals surface area contributed by atoms with E-state index in [1.165, 1.54) is 0 Å². The van der Waals surface area contributed by atoms with Crippen molar-refractivity contribution in [1.82, 2.24) is 5.32 Å². The maximum Gasteiger partial charge on any atom is 0.261 e. The lowest BCUT2D eigenvalue weighted by Gasteiger charge is -2.15. The fourth-order valence-corrected chi connectivity index (χ4v) is 2.72. The zero-order valence-corrected chi connectivity index (χ0v) is 16.1. The summed E-state index contributed by atoms with van der Waals surface area (Å²) in [6.07, 6.45) is 1.34. The molecule has 1 fully saturated rings. The summed E-state index contributed by atoms with van der Waals surface area (Å²) >= 11 is 3.36. The van der Waals surface area contributed by atoms with Crippen molar-refractivity contribution in [1.29, 1.82) is 0 Å². The summed E-state index contributed by atoms with van der Waals surface area (Å²) in [5, 5.41) is 5.77.